The molecule has 0 N–H and O–H groups in total. The number of carbonyl (C=O) groups is 3. The molecule has 0 aliphatic rings. The Hall–Kier alpha value is -2.63. The van der Waals surface area contributed by atoms with Crippen LogP contribution in [0.2, 0.25) is 0 Å². The van der Waals surface area contributed by atoms with Crippen molar-refractivity contribution < 1.29 is 28.6 Å². The molecule has 0 aliphatic carbocycles. The van der Waals surface area contributed by atoms with Crippen LogP contribution in [0.1, 0.15) is 329 Å². The lowest BCUT2D eigenvalue weighted by molar-refractivity contribution is -0.167. The van der Waals surface area contributed by atoms with Crippen LogP contribution in [-0.4, -0.2) is 37.2 Å². The molecule has 0 aromatic carbocycles. The van der Waals surface area contributed by atoms with Crippen LogP contribution in [0.3, 0.4) is 0 Å². The van der Waals surface area contributed by atoms with Gasteiger partial charge in [-0.2, -0.15) is 0 Å². The Morgan fingerprint density at radius 1 is 0.282 bits per heavy atom. The van der Waals surface area contributed by atoms with E-state index < -0.39 is 6.10 Å². The van der Waals surface area contributed by atoms with Gasteiger partial charge >= 0.3 is 17.9 Å². The molecule has 414 valence electrons. The van der Waals surface area contributed by atoms with E-state index in [4.69, 9.17) is 14.2 Å². The molecule has 6 nitrogen and oxygen atoms in total. The molecule has 1 atom stereocenters. The number of ether oxygens (including phenoxy) is 3. The molecule has 6 heteroatoms. The second kappa shape index (κ2) is 59.9. The third-order valence-corrected chi connectivity index (χ3v) is 13.8. The molecule has 0 aromatic heterocycles. The summed E-state index contributed by atoms with van der Waals surface area (Å²) in [6.45, 7) is 6.64. The number of rotatable bonds is 57. The third kappa shape index (κ3) is 58.1. The van der Waals surface area contributed by atoms with Gasteiger partial charge < -0.3 is 14.2 Å². The number of hydrogen-bond donors (Lipinski definition) is 0. The van der Waals surface area contributed by atoms with Crippen LogP contribution in [-0.2, 0) is 28.6 Å². The fourth-order valence-corrected chi connectivity index (χ4v) is 9.13. The monoisotopic (exact) mass is 995 g/mol. The lowest BCUT2D eigenvalue weighted by Gasteiger charge is -2.18. The number of carbonyl (C=O) groups excluding carboxylic acids is 3. The molecule has 71 heavy (non-hydrogen) atoms. The summed E-state index contributed by atoms with van der Waals surface area (Å²) in [6, 6.07) is 0. The molecular formula is C65H118O6. The van der Waals surface area contributed by atoms with Gasteiger partial charge in [-0.25, -0.2) is 0 Å². The Bertz CT molecular complexity index is 1230. The van der Waals surface area contributed by atoms with Crippen molar-refractivity contribution in [1.82, 2.24) is 0 Å². The molecule has 0 aromatic rings. The van der Waals surface area contributed by atoms with Gasteiger partial charge in [-0.3, -0.25) is 14.4 Å². The highest BCUT2D eigenvalue weighted by Gasteiger charge is 2.19. The van der Waals surface area contributed by atoms with Crippen molar-refractivity contribution >= 4 is 17.9 Å². The van der Waals surface area contributed by atoms with E-state index in [0.717, 1.165) is 83.5 Å². The molecule has 0 heterocycles. The number of unbranched alkanes of at least 4 members (excludes halogenated alkanes) is 38. The van der Waals surface area contributed by atoms with Gasteiger partial charge in [0.25, 0.3) is 0 Å². The van der Waals surface area contributed by atoms with E-state index in [1.165, 1.54) is 205 Å². The molecule has 0 amide bonds. The first-order valence-corrected chi connectivity index (χ1v) is 31.1. The van der Waals surface area contributed by atoms with Gasteiger partial charge in [-0.1, -0.05) is 294 Å². The number of esters is 3. The van der Waals surface area contributed by atoms with Gasteiger partial charge in [0, 0.05) is 19.3 Å². The summed E-state index contributed by atoms with van der Waals surface area (Å²) >= 11 is 0. The van der Waals surface area contributed by atoms with Gasteiger partial charge in [0.05, 0.1) is 0 Å². The summed E-state index contributed by atoms with van der Waals surface area (Å²) in [6.07, 6.45) is 73.9. The molecule has 0 bridgehead atoms. The Labute approximate surface area is 441 Å². The average molecular weight is 996 g/mol. The van der Waals surface area contributed by atoms with Crippen molar-refractivity contribution in [3.63, 3.8) is 0 Å². The van der Waals surface area contributed by atoms with Crippen molar-refractivity contribution in [2.24, 2.45) is 0 Å². The molecule has 0 unspecified atom stereocenters. The third-order valence-electron chi connectivity index (χ3n) is 13.8. The SMILES string of the molecule is CCCCC/C=C\C/C=C\C/C=C\C/C=C\CCCCCC(=O)O[C@@H](COC(=O)CCCCCCCCCCCCCCCCC)COC(=O)CCCCCCCCCCCCCCCCCCCCC. The first kappa shape index (κ1) is 68.4. The summed E-state index contributed by atoms with van der Waals surface area (Å²) in [5, 5.41) is 0. The predicted molar refractivity (Wildman–Crippen MR) is 307 cm³/mol. The quantitative estimate of drug-likeness (QED) is 0.0261. The van der Waals surface area contributed by atoms with E-state index in [1.807, 2.05) is 0 Å². The van der Waals surface area contributed by atoms with Crippen LogP contribution in [0.5, 0.6) is 0 Å². The molecule has 0 fully saturated rings. The predicted octanol–water partition coefficient (Wildman–Crippen LogP) is 21.0. The Kier molecular flexibility index (Phi) is 57.7. The number of allylic oxidation sites excluding steroid dienone is 8. The van der Waals surface area contributed by atoms with Gasteiger partial charge in [-0.05, 0) is 64.2 Å². The lowest BCUT2D eigenvalue weighted by atomic mass is 10.0. The normalized spacial score (nSPS) is 12.3. The van der Waals surface area contributed by atoms with Crippen molar-refractivity contribution in [1.29, 1.82) is 0 Å². The maximum absolute atomic E-state index is 12.9. The zero-order valence-electron chi connectivity index (χ0n) is 47.5. The molecule has 0 rings (SSSR count). The Balaban J connectivity index is 4.38. The maximum atomic E-state index is 12.9. The average Bonchev–Trinajstić information content (AvgIpc) is 3.37. The van der Waals surface area contributed by atoms with Crippen LogP contribution in [0.15, 0.2) is 48.6 Å². The zero-order valence-corrected chi connectivity index (χ0v) is 47.5. The molecule has 0 radical (unpaired) electrons. The van der Waals surface area contributed by atoms with E-state index >= 15 is 0 Å². The highest BCUT2D eigenvalue weighted by Crippen LogP contribution is 2.17. The van der Waals surface area contributed by atoms with Gasteiger partial charge in [0.15, 0.2) is 6.10 Å². The second-order valence-corrected chi connectivity index (χ2v) is 21.0. The summed E-state index contributed by atoms with van der Waals surface area (Å²) in [4.78, 5) is 38.3. The van der Waals surface area contributed by atoms with Gasteiger partial charge in [-0.15, -0.1) is 0 Å². The van der Waals surface area contributed by atoms with Crippen LogP contribution in [0, 0.1) is 0 Å². The summed E-state index contributed by atoms with van der Waals surface area (Å²) in [5.74, 6) is -0.891. The first-order valence-electron chi connectivity index (χ1n) is 31.1. The first-order chi connectivity index (χ1) is 35.0. The Morgan fingerprint density at radius 3 is 0.817 bits per heavy atom. The molecular weight excluding hydrogens is 877 g/mol. The van der Waals surface area contributed by atoms with Crippen molar-refractivity contribution in [2.45, 2.75) is 335 Å². The topological polar surface area (TPSA) is 78.9 Å². The minimum absolute atomic E-state index is 0.0813. The van der Waals surface area contributed by atoms with E-state index in [-0.39, 0.29) is 31.1 Å². The van der Waals surface area contributed by atoms with Crippen LogP contribution in [0.25, 0.3) is 0 Å². The van der Waals surface area contributed by atoms with E-state index in [0.29, 0.717) is 19.3 Å². The summed E-state index contributed by atoms with van der Waals surface area (Å²) in [5.41, 5.74) is 0. The fraction of sp³-hybridized carbons (Fsp3) is 0.831. The van der Waals surface area contributed by atoms with Crippen molar-refractivity contribution in [3.8, 4) is 0 Å². The minimum Gasteiger partial charge on any atom is -0.462 e. The summed E-state index contributed by atoms with van der Waals surface area (Å²) < 4.78 is 16.9. The van der Waals surface area contributed by atoms with Crippen molar-refractivity contribution in [3.05, 3.63) is 48.6 Å². The van der Waals surface area contributed by atoms with Crippen molar-refractivity contribution in [2.75, 3.05) is 13.2 Å². The standard InChI is InChI=1S/C65H118O6/c1-4-7-10-13-16-19-22-25-28-30-32-34-37-40-43-46-49-52-55-58-64(67)70-61-62(60-69-63(66)57-54-51-48-45-42-39-36-27-24-21-18-15-12-9-6-3)71-65(68)59-56-53-50-47-44-41-38-35-33-31-29-26-23-20-17-14-11-8-5-2/h17,20,26,29,33,35,41,44,62H,4-16,18-19,21-25,27-28,30-32,34,36-40,42-43,45-61H2,1-3H3/b20-17-,29-26-,35-33-,44-41-/t62-/m0/s1. The molecule has 0 saturated heterocycles. The summed E-state index contributed by atoms with van der Waals surface area (Å²) in [7, 11) is 0. The minimum atomic E-state index is -0.787. The fourth-order valence-electron chi connectivity index (χ4n) is 9.13. The van der Waals surface area contributed by atoms with E-state index in [1.54, 1.807) is 0 Å². The maximum Gasteiger partial charge on any atom is 0.306 e. The van der Waals surface area contributed by atoms with E-state index in [2.05, 4.69) is 69.4 Å². The highest BCUT2D eigenvalue weighted by atomic mass is 16.6. The highest BCUT2D eigenvalue weighted by molar-refractivity contribution is 5.71. The van der Waals surface area contributed by atoms with Gasteiger partial charge in [0.1, 0.15) is 13.2 Å². The second-order valence-electron chi connectivity index (χ2n) is 21.0. The number of hydrogen-bond acceptors (Lipinski definition) is 6. The molecule has 0 saturated carbocycles. The molecule has 0 spiro atoms. The zero-order chi connectivity index (χ0) is 51.4. The van der Waals surface area contributed by atoms with Crippen LogP contribution >= 0.6 is 0 Å². The smallest absolute Gasteiger partial charge is 0.306 e. The Morgan fingerprint density at radius 2 is 0.507 bits per heavy atom. The van der Waals surface area contributed by atoms with Gasteiger partial charge in [0.2, 0.25) is 0 Å². The van der Waals surface area contributed by atoms with Crippen LogP contribution in [0.4, 0.5) is 0 Å². The van der Waals surface area contributed by atoms with E-state index in [9.17, 15) is 14.4 Å². The lowest BCUT2D eigenvalue weighted by Crippen LogP contribution is -2.30. The molecule has 0 aliphatic heterocycles. The largest absolute Gasteiger partial charge is 0.462 e. The van der Waals surface area contributed by atoms with Crippen LogP contribution < -0.4 is 0 Å².